The van der Waals surface area contributed by atoms with E-state index >= 15 is 0 Å². The van der Waals surface area contributed by atoms with E-state index in [4.69, 9.17) is 0 Å². The molecule has 1 amide bonds. The SMILES string of the molecule is Cc1ccc(NC(=O)Cn2nc3nc(N4CCCC(C)C4)ccn3c2=O)cc1F. The lowest BCUT2D eigenvalue weighted by molar-refractivity contribution is -0.117. The van der Waals surface area contributed by atoms with Crippen molar-refractivity contribution in [3.05, 3.63) is 52.3 Å². The van der Waals surface area contributed by atoms with Crippen LogP contribution in [0.3, 0.4) is 0 Å². The summed E-state index contributed by atoms with van der Waals surface area (Å²) < 4.78 is 16.0. The van der Waals surface area contributed by atoms with Gasteiger partial charge in [0.05, 0.1) is 0 Å². The van der Waals surface area contributed by atoms with E-state index in [-0.39, 0.29) is 12.3 Å². The van der Waals surface area contributed by atoms with Crippen LogP contribution in [0.25, 0.3) is 5.78 Å². The molecule has 152 valence electrons. The van der Waals surface area contributed by atoms with Gasteiger partial charge in [0.15, 0.2) is 0 Å². The molecule has 0 spiro atoms. The first-order chi connectivity index (χ1) is 13.9. The summed E-state index contributed by atoms with van der Waals surface area (Å²) in [6, 6.07) is 6.23. The lowest BCUT2D eigenvalue weighted by atomic mass is 10.0. The Bertz CT molecular complexity index is 1120. The summed E-state index contributed by atoms with van der Waals surface area (Å²) in [5.41, 5.74) is 0.371. The van der Waals surface area contributed by atoms with Crippen molar-refractivity contribution >= 4 is 23.2 Å². The van der Waals surface area contributed by atoms with Gasteiger partial charge in [0.1, 0.15) is 18.2 Å². The molecule has 1 aromatic carbocycles. The number of aromatic nitrogens is 4. The minimum absolute atomic E-state index is 0.250. The summed E-state index contributed by atoms with van der Waals surface area (Å²) in [5.74, 6) is 0.748. The minimum Gasteiger partial charge on any atom is -0.356 e. The summed E-state index contributed by atoms with van der Waals surface area (Å²) in [6.07, 6.45) is 3.94. The van der Waals surface area contributed by atoms with Crippen molar-refractivity contribution in [2.24, 2.45) is 5.92 Å². The fraction of sp³-hybridized carbons (Fsp3) is 0.400. The van der Waals surface area contributed by atoms with Crippen LogP contribution < -0.4 is 15.9 Å². The molecule has 3 heterocycles. The third kappa shape index (κ3) is 3.98. The molecule has 1 saturated heterocycles. The van der Waals surface area contributed by atoms with E-state index in [1.54, 1.807) is 31.3 Å². The predicted octanol–water partition coefficient (Wildman–Crippen LogP) is 2.21. The van der Waals surface area contributed by atoms with Crippen LogP contribution in [0.4, 0.5) is 15.9 Å². The van der Waals surface area contributed by atoms with Gasteiger partial charge in [0, 0.05) is 25.0 Å². The Balaban J connectivity index is 1.53. The van der Waals surface area contributed by atoms with E-state index < -0.39 is 17.4 Å². The van der Waals surface area contributed by atoms with E-state index in [0.29, 0.717) is 17.2 Å². The van der Waals surface area contributed by atoms with Gasteiger partial charge in [-0.15, -0.1) is 5.10 Å². The first kappa shape index (κ1) is 19.1. The van der Waals surface area contributed by atoms with Gasteiger partial charge >= 0.3 is 5.69 Å². The number of rotatable bonds is 4. The maximum atomic E-state index is 13.6. The summed E-state index contributed by atoms with van der Waals surface area (Å²) in [7, 11) is 0. The van der Waals surface area contributed by atoms with Gasteiger partial charge in [-0.05, 0) is 49.4 Å². The Morgan fingerprint density at radius 2 is 2.17 bits per heavy atom. The van der Waals surface area contributed by atoms with E-state index in [0.717, 1.165) is 30.0 Å². The molecule has 29 heavy (non-hydrogen) atoms. The van der Waals surface area contributed by atoms with E-state index in [1.165, 1.54) is 16.9 Å². The highest BCUT2D eigenvalue weighted by Gasteiger charge is 2.19. The zero-order chi connectivity index (χ0) is 20.5. The Hall–Kier alpha value is -3.23. The average molecular weight is 398 g/mol. The van der Waals surface area contributed by atoms with Crippen molar-refractivity contribution in [3.8, 4) is 0 Å². The number of nitrogens with zero attached hydrogens (tertiary/aromatic N) is 5. The molecule has 0 radical (unpaired) electrons. The molecule has 0 bridgehead atoms. The van der Waals surface area contributed by atoms with Gasteiger partial charge in [-0.2, -0.15) is 4.98 Å². The Labute approximate surface area is 167 Å². The minimum atomic E-state index is -0.469. The van der Waals surface area contributed by atoms with Gasteiger partial charge in [-0.1, -0.05) is 13.0 Å². The van der Waals surface area contributed by atoms with E-state index in [2.05, 4.69) is 27.2 Å². The second kappa shape index (κ2) is 7.65. The van der Waals surface area contributed by atoms with E-state index in [1.807, 2.05) is 0 Å². The molecular weight excluding hydrogens is 375 g/mol. The Kier molecular flexibility index (Phi) is 5.04. The molecular formula is C20H23FN6O2. The number of hydrogen-bond acceptors (Lipinski definition) is 5. The number of nitrogens with one attached hydrogen (secondary N) is 1. The number of amides is 1. The molecule has 9 heteroatoms. The molecule has 0 aliphatic carbocycles. The lowest BCUT2D eigenvalue weighted by Gasteiger charge is -2.31. The van der Waals surface area contributed by atoms with Crippen molar-refractivity contribution in [2.45, 2.75) is 33.2 Å². The van der Waals surface area contributed by atoms with E-state index in [9.17, 15) is 14.0 Å². The number of carbonyl (C=O) groups is 1. The molecule has 2 aromatic heterocycles. The summed E-state index contributed by atoms with van der Waals surface area (Å²) in [4.78, 5) is 31.5. The van der Waals surface area contributed by atoms with Gasteiger partial charge < -0.3 is 10.2 Å². The zero-order valence-corrected chi connectivity index (χ0v) is 16.4. The summed E-state index contributed by atoms with van der Waals surface area (Å²) in [5, 5.41) is 6.78. The molecule has 8 nitrogen and oxygen atoms in total. The number of fused-ring (bicyclic) bond motifs is 1. The number of anilines is 2. The van der Waals surface area contributed by atoms with Gasteiger partial charge in [-0.25, -0.2) is 18.3 Å². The number of halogens is 1. The van der Waals surface area contributed by atoms with Crippen LogP contribution in [-0.4, -0.2) is 38.2 Å². The van der Waals surface area contributed by atoms with Crippen LogP contribution in [0.15, 0.2) is 35.3 Å². The van der Waals surface area contributed by atoms with Crippen molar-refractivity contribution in [2.75, 3.05) is 23.3 Å². The van der Waals surface area contributed by atoms with Crippen LogP contribution in [0.1, 0.15) is 25.3 Å². The normalized spacial score (nSPS) is 16.9. The Morgan fingerprint density at radius 3 is 2.93 bits per heavy atom. The lowest BCUT2D eigenvalue weighted by Crippen LogP contribution is -2.34. The quantitative estimate of drug-likeness (QED) is 0.728. The first-order valence-corrected chi connectivity index (χ1v) is 9.68. The van der Waals surface area contributed by atoms with Crippen LogP contribution >= 0.6 is 0 Å². The summed E-state index contributed by atoms with van der Waals surface area (Å²) in [6.45, 7) is 5.41. The fourth-order valence-electron chi connectivity index (χ4n) is 3.58. The first-order valence-electron chi connectivity index (χ1n) is 9.68. The van der Waals surface area contributed by atoms with Crippen molar-refractivity contribution in [1.82, 2.24) is 19.2 Å². The van der Waals surface area contributed by atoms with Crippen molar-refractivity contribution in [1.29, 1.82) is 0 Å². The van der Waals surface area contributed by atoms with Crippen molar-refractivity contribution < 1.29 is 9.18 Å². The number of hydrogen-bond donors (Lipinski definition) is 1. The van der Waals surface area contributed by atoms with Gasteiger partial charge in [-0.3, -0.25) is 4.79 Å². The Morgan fingerprint density at radius 1 is 1.34 bits per heavy atom. The van der Waals surface area contributed by atoms with Gasteiger partial charge in [0.2, 0.25) is 5.91 Å². The molecule has 0 saturated carbocycles. The van der Waals surface area contributed by atoms with Crippen LogP contribution in [-0.2, 0) is 11.3 Å². The van der Waals surface area contributed by atoms with Crippen LogP contribution in [0.2, 0.25) is 0 Å². The van der Waals surface area contributed by atoms with Crippen LogP contribution in [0.5, 0.6) is 0 Å². The number of benzene rings is 1. The van der Waals surface area contributed by atoms with Crippen LogP contribution in [0, 0.1) is 18.7 Å². The predicted molar refractivity (Wildman–Crippen MR) is 108 cm³/mol. The smallest absolute Gasteiger partial charge is 0.352 e. The van der Waals surface area contributed by atoms with Crippen molar-refractivity contribution in [3.63, 3.8) is 0 Å². The third-order valence-electron chi connectivity index (χ3n) is 5.17. The maximum absolute atomic E-state index is 13.6. The molecule has 1 N–H and O–H groups in total. The molecule has 1 fully saturated rings. The summed E-state index contributed by atoms with van der Waals surface area (Å²) >= 11 is 0. The number of aryl methyl sites for hydroxylation is 1. The zero-order valence-electron chi connectivity index (χ0n) is 16.4. The average Bonchev–Trinajstić information content (AvgIpc) is 2.99. The standard InChI is InChI=1S/C20H23FN6O2/c1-13-4-3-8-25(11-13)17-7-9-26-19(23-17)24-27(20(26)29)12-18(28)22-15-6-5-14(2)16(21)10-15/h5-7,9-10,13H,3-4,8,11-12H2,1-2H3,(H,22,28). The fourth-order valence-corrected chi connectivity index (χ4v) is 3.58. The maximum Gasteiger partial charge on any atom is 0.352 e. The monoisotopic (exact) mass is 398 g/mol. The molecule has 1 aliphatic heterocycles. The molecule has 1 unspecified atom stereocenters. The molecule has 3 aromatic rings. The second-order valence-electron chi connectivity index (χ2n) is 7.60. The second-order valence-corrected chi connectivity index (χ2v) is 7.60. The highest BCUT2D eigenvalue weighted by Crippen LogP contribution is 2.21. The number of piperidine rings is 1. The highest BCUT2D eigenvalue weighted by atomic mass is 19.1. The molecule has 1 atom stereocenters. The van der Waals surface area contributed by atoms with Gasteiger partial charge in [0.25, 0.3) is 5.78 Å². The topological polar surface area (TPSA) is 84.5 Å². The largest absolute Gasteiger partial charge is 0.356 e. The number of carbonyl (C=O) groups excluding carboxylic acids is 1. The molecule has 4 rings (SSSR count). The third-order valence-corrected chi connectivity index (χ3v) is 5.17. The molecule has 1 aliphatic rings. The highest BCUT2D eigenvalue weighted by molar-refractivity contribution is 5.90.